The number of nitrogens with two attached hydrogens (primary N) is 1. The molecule has 92 valence electrons. The molecule has 1 amide bonds. The van der Waals surface area contributed by atoms with Gasteiger partial charge in [-0.05, 0) is 24.3 Å². The summed E-state index contributed by atoms with van der Waals surface area (Å²) in [4.78, 5) is 15.9. The molecule has 0 saturated heterocycles. The van der Waals surface area contributed by atoms with Gasteiger partial charge in [-0.3, -0.25) is 4.79 Å². The molecule has 1 aromatic heterocycles. The van der Waals surface area contributed by atoms with Gasteiger partial charge in [0.1, 0.15) is 5.15 Å². The maximum absolute atomic E-state index is 12.0. The number of amides is 1. The summed E-state index contributed by atoms with van der Waals surface area (Å²) < 4.78 is 0. The summed E-state index contributed by atoms with van der Waals surface area (Å²) in [7, 11) is 0. The van der Waals surface area contributed by atoms with E-state index in [9.17, 15) is 4.79 Å². The fourth-order valence-electron chi connectivity index (χ4n) is 1.42. The Kier molecular flexibility index (Phi) is 3.69. The van der Waals surface area contributed by atoms with Crippen LogP contribution in [0.2, 0.25) is 10.2 Å². The first-order chi connectivity index (χ1) is 8.58. The van der Waals surface area contributed by atoms with E-state index in [0.29, 0.717) is 21.6 Å². The van der Waals surface area contributed by atoms with Crippen LogP contribution in [0.25, 0.3) is 0 Å². The van der Waals surface area contributed by atoms with Gasteiger partial charge in [0, 0.05) is 5.69 Å². The number of nitrogens with one attached hydrogen (secondary N) is 1. The molecule has 2 rings (SSSR count). The Balaban J connectivity index is 2.25. The number of carbonyl (C=O) groups is 1. The standard InChI is InChI=1S/C12H9Cl2N3O/c13-8-2-1-3-9(15)11(8)12(18)17-7-4-5-10(14)16-6-7/h1-6H,15H2,(H,17,18). The minimum absolute atomic E-state index is 0.245. The first-order valence-corrected chi connectivity index (χ1v) is 5.80. The molecule has 0 aliphatic heterocycles. The summed E-state index contributed by atoms with van der Waals surface area (Å²) in [5, 5.41) is 3.30. The van der Waals surface area contributed by atoms with E-state index in [-0.39, 0.29) is 11.5 Å². The Hall–Kier alpha value is -1.78. The molecule has 0 unspecified atom stereocenters. The van der Waals surface area contributed by atoms with Crippen LogP contribution in [0.5, 0.6) is 0 Å². The van der Waals surface area contributed by atoms with Gasteiger partial charge in [0.2, 0.25) is 0 Å². The van der Waals surface area contributed by atoms with E-state index in [0.717, 1.165) is 0 Å². The molecular formula is C12H9Cl2N3O. The molecule has 0 saturated carbocycles. The molecule has 2 aromatic rings. The van der Waals surface area contributed by atoms with Crippen LogP contribution >= 0.6 is 23.2 Å². The van der Waals surface area contributed by atoms with E-state index in [1.165, 1.54) is 6.20 Å². The average Bonchev–Trinajstić information content (AvgIpc) is 2.32. The van der Waals surface area contributed by atoms with Gasteiger partial charge >= 0.3 is 0 Å². The minimum Gasteiger partial charge on any atom is -0.398 e. The fourth-order valence-corrected chi connectivity index (χ4v) is 1.80. The predicted molar refractivity (Wildman–Crippen MR) is 73.1 cm³/mol. The summed E-state index contributed by atoms with van der Waals surface area (Å²) in [5.41, 5.74) is 6.80. The third kappa shape index (κ3) is 2.72. The van der Waals surface area contributed by atoms with Crippen LogP contribution in [0.4, 0.5) is 11.4 Å². The van der Waals surface area contributed by atoms with Crippen molar-refractivity contribution in [3.63, 3.8) is 0 Å². The van der Waals surface area contributed by atoms with E-state index in [4.69, 9.17) is 28.9 Å². The third-order valence-electron chi connectivity index (χ3n) is 2.26. The van der Waals surface area contributed by atoms with E-state index in [1.807, 2.05) is 0 Å². The number of hydrogen-bond acceptors (Lipinski definition) is 3. The molecule has 1 heterocycles. The largest absolute Gasteiger partial charge is 0.398 e. The number of benzene rings is 1. The monoisotopic (exact) mass is 281 g/mol. The second kappa shape index (κ2) is 5.25. The van der Waals surface area contributed by atoms with Crippen LogP contribution in [-0.2, 0) is 0 Å². The Morgan fingerprint density at radius 1 is 1.22 bits per heavy atom. The molecule has 0 radical (unpaired) electrons. The van der Waals surface area contributed by atoms with Crippen molar-refractivity contribution in [2.45, 2.75) is 0 Å². The normalized spacial score (nSPS) is 10.1. The van der Waals surface area contributed by atoms with Crippen LogP contribution in [0.3, 0.4) is 0 Å². The number of pyridine rings is 1. The zero-order valence-electron chi connectivity index (χ0n) is 9.15. The SMILES string of the molecule is Nc1cccc(Cl)c1C(=O)Nc1ccc(Cl)nc1. The van der Waals surface area contributed by atoms with Gasteiger partial charge in [-0.25, -0.2) is 4.98 Å². The summed E-state index contributed by atoms with van der Waals surface area (Å²) in [6.07, 6.45) is 1.45. The third-order valence-corrected chi connectivity index (χ3v) is 2.80. The van der Waals surface area contributed by atoms with Gasteiger partial charge < -0.3 is 11.1 Å². The highest BCUT2D eigenvalue weighted by Gasteiger charge is 2.13. The lowest BCUT2D eigenvalue weighted by Crippen LogP contribution is -2.14. The molecule has 4 nitrogen and oxygen atoms in total. The Morgan fingerprint density at radius 2 is 2.00 bits per heavy atom. The quantitative estimate of drug-likeness (QED) is 0.656. The van der Waals surface area contributed by atoms with Crippen LogP contribution in [0, 0.1) is 0 Å². The topological polar surface area (TPSA) is 68.0 Å². The summed E-state index contributed by atoms with van der Waals surface area (Å²) in [6, 6.07) is 8.11. The number of halogens is 2. The average molecular weight is 282 g/mol. The van der Waals surface area contributed by atoms with Gasteiger partial charge in [0.15, 0.2) is 0 Å². The summed E-state index contributed by atoms with van der Waals surface area (Å²) in [5.74, 6) is -0.387. The lowest BCUT2D eigenvalue weighted by molar-refractivity contribution is 0.102. The number of nitrogen functional groups attached to an aromatic ring is 1. The van der Waals surface area contributed by atoms with Gasteiger partial charge in [-0.2, -0.15) is 0 Å². The van der Waals surface area contributed by atoms with Crippen molar-refractivity contribution in [2.75, 3.05) is 11.1 Å². The zero-order valence-corrected chi connectivity index (χ0v) is 10.7. The number of anilines is 2. The van der Waals surface area contributed by atoms with Crippen molar-refractivity contribution in [1.82, 2.24) is 4.98 Å². The molecule has 1 aromatic carbocycles. The van der Waals surface area contributed by atoms with E-state index < -0.39 is 0 Å². The van der Waals surface area contributed by atoms with Gasteiger partial charge in [0.25, 0.3) is 5.91 Å². The van der Waals surface area contributed by atoms with E-state index >= 15 is 0 Å². The van der Waals surface area contributed by atoms with E-state index in [2.05, 4.69) is 10.3 Å². The smallest absolute Gasteiger partial charge is 0.259 e. The molecular weight excluding hydrogens is 273 g/mol. The number of aromatic nitrogens is 1. The summed E-state index contributed by atoms with van der Waals surface area (Å²) in [6.45, 7) is 0. The Morgan fingerprint density at radius 3 is 2.61 bits per heavy atom. The molecule has 18 heavy (non-hydrogen) atoms. The van der Waals surface area contributed by atoms with Gasteiger partial charge in [-0.1, -0.05) is 29.3 Å². The Bertz CT molecular complexity index is 564. The first kappa shape index (κ1) is 12.7. The molecule has 0 bridgehead atoms. The van der Waals surface area contributed by atoms with Crippen molar-refractivity contribution in [3.05, 3.63) is 52.3 Å². The van der Waals surface area contributed by atoms with Crippen LogP contribution < -0.4 is 11.1 Å². The molecule has 0 aliphatic carbocycles. The van der Waals surface area contributed by atoms with Crippen molar-refractivity contribution >= 4 is 40.5 Å². The van der Waals surface area contributed by atoms with Crippen molar-refractivity contribution in [2.24, 2.45) is 0 Å². The lowest BCUT2D eigenvalue weighted by atomic mass is 10.1. The van der Waals surface area contributed by atoms with Crippen molar-refractivity contribution in [1.29, 1.82) is 0 Å². The molecule has 0 atom stereocenters. The van der Waals surface area contributed by atoms with Gasteiger partial charge in [-0.15, -0.1) is 0 Å². The lowest BCUT2D eigenvalue weighted by Gasteiger charge is -2.08. The maximum Gasteiger partial charge on any atom is 0.259 e. The molecule has 6 heteroatoms. The first-order valence-electron chi connectivity index (χ1n) is 5.05. The molecule has 0 spiro atoms. The highest BCUT2D eigenvalue weighted by molar-refractivity contribution is 6.35. The maximum atomic E-state index is 12.0. The predicted octanol–water partition coefficient (Wildman–Crippen LogP) is 3.22. The fraction of sp³-hybridized carbons (Fsp3) is 0. The highest BCUT2D eigenvalue weighted by atomic mass is 35.5. The molecule has 0 fully saturated rings. The van der Waals surface area contributed by atoms with Gasteiger partial charge in [0.05, 0.1) is 22.5 Å². The van der Waals surface area contributed by atoms with Crippen LogP contribution in [0.1, 0.15) is 10.4 Å². The Labute approximate surface area is 114 Å². The van der Waals surface area contributed by atoms with Crippen molar-refractivity contribution < 1.29 is 4.79 Å². The van der Waals surface area contributed by atoms with Crippen molar-refractivity contribution in [3.8, 4) is 0 Å². The number of hydrogen-bond donors (Lipinski definition) is 2. The van der Waals surface area contributed by atoms with E-state index in [1.54, 1.807) is 30.3 Å². The number of carbonyl (C=O) groups excluding carboxylic acids is 1. The number of nitrogens with zero attached hydrogens (tertiary/aromatic N) is 1. The second-order valence-electron chi connectivity index (χ2n) is 3.53. The summed E-state index contributed by atoms with van der Waals surface area (Å²) >= 11 is 11.6. The van der Waals surface area contributed by atoms with Crippen LogP contribution in [0.15, 0.2) is 36.5 Å². The van der Waals surface area contributed by atoms with Crippen LogP contribution in [-0.4, -0.2) is 10.9 Å². The second-order valence-corrected chi connectivity index (χ2v) is 4.32. The number of rotatable bonds is 2. The highest BCUT2D eigenvalue weighted by Crippen LogP contribution is 2.23. The minimum atomic E-state index is -0.387. The molecule has 0 aliphatic rings. The molecule has 3 N–H and O–H groups in total. The zero-order chi connectivity index (χ0) is 13.1.